The Labute approximate surface area is 171 Å². The molecule has 3 fully saturated rings. The zero-order chi connectivity index (χ0) is 20.8. The van der Waals surface area contributed by atoms with Crippen LogP contribution in [0.1, 0.15) is 26.7 Å². The van der Waals surface area contributed by atoms with E-state index in [0.29, 0.717) is 38.6 Å². The Kier molecular flexibility index (Phi) is 5.31. The Balaban J connectivity index is 1.47. The van der Waals surface area contributed by atoms with Gasteiger partial charge in [-0.25, -0.2) is 4.79 Å². The molecule has 4 heterocycles. The van der Waals surface area contributed by atoms with E-state index in [9.17, 15) is 14.4 Å². The van der Waals surface area contributed by atoms with Crippen LogP contribution < -0.4 is 0 Å². The molecule has 4 aliphatic heterocycles. The molecule has 3 saturated heterocycles. The number of hydrogen-bond donors (Lipinski definition) is 0. The normalized spacial score (nSPS) is 33.0. The van der Waals surface area contributed by atoms with Gasteiger partial charge in [0.1, 0.15) is 5.60 Å². The molecular formula is C21H31N3O5. The van der Waals surface area contributed by atoms with Gasteiger partial charge in [0.15, 0.2) is 0 Å². The highest BCUT2D eigenvalue weighted by atomic mass is 16.5. The number of methoxy groups -OCH3 is 1. The standard InChI is InChI=1S/C21H31N3O5/c1-4-14(5-2)12-24-13-21-7-6-15(29-21)16(17(21)19(24)26)18(25)22-8-10-23(11-9-22)20(27)28-3/h6-7,14-17H,4-5,8-13H2,1-3H3/t15-,16?,17?,21-/m1/s1. The minimum absolute atomic E-state index is 0.0338. The van der Waals surface area contributed by atoms with Gasteiger partial charge in [0.05, 0.1) is 31.6 Å². The molecule has 4 atom stereocenters. The number of carbonyl (C=O) groups excluding carboxylic acids is 3. The molecule has 2 unspecified atom stereocenters. The smallest absolute Gasteiger partial charge is 0.409 e. The van der Waals surface area contributed by atoms with Gasteiger partial charge in [-0.05, 0) is 5.92 Å². The second-order valence-electron chi connectivity index (χ2n) is 8.58. The first-order valence-corrected chi connectivity index (χ1v) is 10.7. The average Bonchev–Trinajstić information content (AvgIpc) is 3.39. The van der Waals surface area contributed by atoms with Gasteiger partial charge in [0, 0.05) is 32.7 Å². The quantitative estimate of drug-likeness (QED) is 0.641. The predicted molar refractivity (Wildman–Crippen MR) is 105 cm³/mol. The maximum absolute atomic E-state index is 13.4. The second-order valence-corrected chi connectivity index (χ2v) is 8.58. The van der Waals surface area contributed by atoms with E-state index in [4.69, 9.17) is 9.47 Å². The summed E-state index contributed by atoms with van der Waals surface area (Å²) in [5.41, 5.74) is -0.651. The first-order chi connectivity index (χ1) is 13.9. The van der Waals surface area contributed by atoms with E-state index >= 15 is 0 Å². The summed E-state index contributed by atoms with van der Waals surface area (Å²) < 4.78 is 11.0. The van der Waals surface area contributed by atoms with Crippen LogP contribution >= 0.6 is 0 Å². The first-order valence-electron chi connectivity index (χ1n) is 10.7. The molecule has 0 saturated carbocycles. The average molecular weight is 405 g/mol. The van der Waals surface area contributed by atoms with Crippen LogP contribution in [-0.4, -0.2) is 90.7 Å². The van der Waals surface area contributed by atoms with Crippen molar-refractivity contribution in [1.82, 2.24) is 14.7 Å². The number of rotatable bonds is 5. The van der Waals surface area contributed by atoms with Crippen LogP contribution in [0.5, 0.6) is 0 Å². The van der Waals surface area contributed by atoms with E-state index in [1.807, 2.05) is 17.1 Å². The van der Waals surface area contributed by atoms with Gasteiger partial charge in [0.2, 0.25) is 11.8 Å². The molecule has 29 heavy (non-hydrogen) atoms. The number of hydrogen-bond acceptors (Lipinski definition) is 5. The van der Waals surface area contributed by atoms with Crippen LogP contribution in [0.15, 0.2) is 12.2 Å². The van der Waals surface area contributed by atoms with E-state index in [1.54, 1.807) is 9.80 Å². The third-order valence-electron chi connectivity index (χ3n) is 7.12. The Bertz CT molecular complexity index is 713. The number of fused-ring (bicyclic) bond motifs is 1. The number of amides is 3. The number of ether oxygens (including phenoxy) is 2. The number of nitrogens with zero attached hydrogens (tertiary/aromatic N) is 3. The maximum atomic E-state index is 13.4. The minimum atomic E-state index is -0.651. The molecule has 2 bridgehead atoms. The minimum Gasteiger partial charge on any atom is -0.453 e. The highest BCUT2D eigenvalue weighted by Gasteiger charge is 2.67. The summed E-state index contributed by atoms with van der Waals surface area (Å²) in [7, 11) is 1.36. The fraction of sp³-hybridized carbons (Fsp3) is 0.762. The van der Waals surface area contributed by atoms with Crippen molar-refractivity contribution in [2.24, 2.45) is 17.8 Å². The van der Waals surface area contributed by atoms with Crippen molar-refractivity contribution in [1.29, 1.82) is 0 Å². The Morgan fingerprint density at radius 2 is 1.86 bits per heavy atom. The monoisotopic (exact) mass is 405 g/mol. The fourth-order valence-electron chi connectivity index (χ4n) is 5.32. The molecule has 3 amide bonds. The molecule has 160 valence electrons. The first kappa shape index (κ1) is 20.2. The van der Waals surface area contributed by atoms with Crippen LogP contribution in [0.2, 0.25) is 0 Å². The molecule has 0 radical (unpaired) electrons. The summed E-state index contributed by atoms with van der Waals surface area (Å²) in [6.45, 7) is 7.35. The summed E-state index contributed by atoms with van der Waals surface area (Å²) in [6, 6.07) is 0. The lowest BCUT2D eigenvalue weighted by atomic mass is 9.76. The summed E-state index contributed by atoms with van der Waals surface area (Å²) in [4.78, 5) is 43.6. The molecule has 4 aliphatic rings. The van der Waals surface area contributed by atoms with Crippen LogP contribution in [0, 0.1) is 17.8 Å². The molecule has 0 aliphatic carbocycles. The van der Waals surface area contributed by atoms with E-state index in [1.165, 1.54) is 7.11 Å². The van der Waals surface area contributed by atoms with Crippen molar-refractivity contribution in [3.8, 4) is 0 Å². The molecule has 0 aromatic heterocycles. The van der Waals surface area contributed by atoms with Crippen LogP contribution in [-0.2, 0) is 19.1 Å². The van der Waals surface area contributed by atoms with E-state index in [0.717, 1.165) is 19.4 Å². The lowest BCUT2D eigenvalue weighted by molar-refractivity contribution is -0.144. The molecule has 0 aromatic rings. The van der Waals surface area contributed by atoms with Crippen molar-refractivity contribution in [3.05, 3.63) is 12.2 Å². The van der Waals surface area contributed by atoms with Gasteiger partial charge in [-0.3, -0.25) is 9.59 Å². The highest BCUT2D eigenvalue weighted by Crippen LogP contribution is 2.52. The molecule has 8 heteroatoms. The van der Waals surface area contributed by atoms with Gasteiger partial charge in [0.25, 0.3) is 0 Å². The lowest BCUT2D eigenvalue weighted by Gasteiger charge is -2.36. The molecule has 8 nitrogen and oxygen atoms in total. The number of likely N-dealkylation sites (tertiary alicyclic amines) is 1. The largest absolute Gasteiger partial charge is 0.453 e. The predicted octanol–water partition coefficient (Wildman–Crippen LogP) is 1.12. The molecule has 1 spiro atoms. The Hall–Kier alpha value is -2.09. The summed E-state index contributed by atoms with van der Waals surface area (Å²) in [5, 5.41) is 0. The summed E-state index contributed by atoms with van der Waals surface area (Å²) in [5.74, 6) is -0.415. The summed E-state index contributed by atoms with van der Waals surface area (Å²) in [6.07, 6.45) is 5.33. The number of piperazine rings is 1. The van der Waals surface area contributed by atoms with Gasteiger partial charge in [-0.1, -0.05) is 38.8 Å². The van der Waals surface area contributed by atoms with Gasteiger partial charge in [-0.2, -0.15) is 0 Å². The van der Waals surface area contributed by atoms with Crippen LogP contribution in [0.4, 0.5) is 4.79 Å². The van der Waals surface area contributed by atoms with E-state index in [-0.39, 0.29) is 24.0 Å². The van der Waals surface area contributed by atoms with Gasteiger partial charge < -0.3 is 24.2 Å². The Morgan fingerprint density at radius 1 is 1.21 bits per heavy atom. The van der Waals surface area contributed by atoms with Crippen LogP contribution in [0.25, 0.3) is 0 Å². The maximum Gasteiger partial charge on any atom is 0.409 e. The SMILES string of the molecule is CCC(CC)CN1C[C@@]23C=C[C@@H](O2)C(C(=O)N2CCN(C(=O)OC)CC2)C3C1=O. The second kappa shape index (κ2) is 7.63. The van der Waals surface area contributed by atoms with Gasteiger partial charge >= 0.3 is 6.09 Å². The zero-order valence-corrected chi connectivity index (χ0v) is 17.5. The van der Waals surface area contributed by atoms with Crippen LogP contribution in [0.3, 0.4) is 0 Å². The van der Waals surface area contributed by atoms with Crippen molar-refractivity contribution in [3.63, 3.8) is 0 Å². The molecular weight excluding hydrogens is 374 g/mol. The van der Waals surface area contributed by atoms with Crippen molar-refractivity contribution < 1.29 is 23.9 Å². The Morgan fingerprint density at radius 3 is 2.48 bits per heavy atom. The number of carbonyl (C=O) groups is 3. The highest BCUT2D eigenvalue weighted by molar-refractivity contribution is 5.93. The van der Waals surface area contributed by atoms with E-state index < -0.39 is 17.4 Å². The lowest BCUT2D eigenvalue weighted by Crippen LogP contribution is -2.54. The molecule has 4 rings (SSSR count). The van der Waals surface area contributed by atoms with Crippen molar-refractivity contribution in [2.75, 3.05) is 46.4 Å². The molecule has 0 aromatic carbocycles. The molecule has 0 N–H and O–H groups in total. The van der Waals surface area contributed by atoms with E-state index in [2.05, 4.69) is 13.8 Å². The van der Waals surface area contributed by atoms with Crippen molar-refractivity contribution >= 4 is 17.9 Å². The van der Waals surface area contributed by atoms with Gasteiger partial charge in [-0.15, -0.1) is 0 Å². The topological polar surface area (TPSA) is 79.4 Å². The van der Waals surface area contributed by atoms with Crippen molar-refractivity contribution in [2.45, 2.75) is 38.4 Å². The third kappa shape index (κ3) is 3.21. The third-order valence-corrected chi connectivity index (χ3v) is 7.12. The fourth-order valence-corrected chi connectivity index (χ4v) is 5.32. The summed E-state index contributed by atoms with van der Waals surface area (Å²) >= 11 is 0. The zero-order valence-electron chi connectivity index (χ0n) is 17.5.